The smallest absolute Gasteiger partial charge is 0.401 e. The first-order valence-electron chi connectivity index (χ1n) is 6.14. The van der Waals surface area contributed by atoms with Gasteiger partial charge in [-0.2, -0.15) is 13.2 Å². The Morgan fingerprint density at radius 2 is 2.05 bits per heavy atom. The quantitative estimate of drug-likeness (QED) is 0.882. The Bertz CT molecular complexity index is 638. The molecule has 21 heavy (non-hydrogen) atoms. The van der Waals surface area contributed by atoms with E-state index >= 15 is 0 Å². The van der Waals surface area contributed by atoms with E-state index < -0.39 is 24.7 Å². The zero-order valence-corrected chi connectivity index (χ0v) is 11.1. The number of alkyl halides is 3. The molecule has 4 nitrogen and oxygen atoms in total. The highest BCUT2D eigenvalue weighted by Crippen LogP contribution is 2.24. The highest BCUT2D eigenvalue weighted by atomic mass is 19.4. The number of ether oxygens (including phenoxy) is 1. The third-order valence-corrected chi connectivity index (χ3v) is 2.92. The molecule has 2 aromatic rings. The van der Waals surface area contributed by atoms with Crippen molar-refractivity contribution in [2.45, 2.75) is 12.2 Å². The molecule has 2 rings (SSSR count). The second kappa shape index (κ2) is 6.09. The van der Waals surface area contributed by atoms with Crippen molar-refractivity contribution in [3.05, 3.63) is 42.1 Å². The number of fused-ring (bicyclic) bond motifs is 1. The highest BCUT2D eigenvalue weighted by Gasteiger charge is 2.32. The molecule has 7 heteroatoms. The van der Waals surface area contributed by atoms with E-state index in [0.717, 1.165) is 12.5 Å². The average molecular weight is 298 g/mol. The maximum Gasteiger partial charge on any atom is 0.401 e. The number of pyridine rings is 1. The van der Waals surface area contributed by atoms with E-state index in [1.807, 2.05) is 0 Å². The SMILES string of the molecule is COC(=O)C(NCC(F)(F)F)c1cccc2cccnc12. The fraction of sp³-hybridized carbons (Fsp3) is 0.286. The Morgan fingerprint density at radius 3 is 2.71 bits per heavy atom. The molecule has 1 heterocycles. The molecule has 0 bridgehead atoms. The summed E-state index contributed by atoms with van der Waals surface area (Å²) in [4.78, 5) is 15.9. The molecule has 0 radical (unpaired) electrons. The molecule has 1 atom stereocenters. The maximum atomic E-state index is 12.4. The summed E-state index contributed by atoms with van der Waals surface area (Å²) in [6.45, 7) is -1.30. The molecular weight excluding hydrogens is 285 g/mol. The summed E-state index contributed by atoms with van der Waals surface area (Å²) in [5.74, 6) is -0.794. The van der Waals surface area contributed by atoms with E-state index in [1.54, 1.807) is 30.3 Å². The number of para-hydroxylation sites is 1. The fourth-order valence-corrected chi connectivity index (χ4v) is 2.02. The van der Waals surface area contributed by atoms with Gasteiger partial charge in [-0.1, -0.05) is 24.3 Å². The molecule has 0 amide bonds. The molecule has 0 aliphatic heterocycles. The fourth-order valence-electron chi connectivity index (χ4n) is 2.02. The number of halogens is 3. The van der Waals surface area contributed by atoms with Crippen molar-refractivity contribution in [2.24, 2.45) is 0 Å². The third kappa shape index (κ3) is 3.69. The molecule has 0 spiro atoms. The minimum atomic E-state index is -4.43. The van der Waals surface area contributed by atoms with Gasteiger partial charge in [0.05, 0.1) is 19.2 Å². The molecule has 112 valence electrons. The summed E-state index contributed by atoms with van der Waals surface area (Å²) in [5, 5.41) is 2.91. The van der Waals surface area contributed by atoms with Crippen molar-refractivity contribution in [3.63, 3.8) is 0 Å². The predicted octanol–water partition coefficient (Wildman–Crippen LogP) is 2.60. The number of esters is 1. The van der Waals surface area contributed by atoms with Gasteiger partial charge in [-0.25, -0.2) is 4.79 Å². The van der Waals surface area contributed by atoms with Crippen LogP contribution >= 0.6 is 0 Å². The Balaban J connectivity index is 2.41. The largest absolute Gasteiger partial charge is 0.468 e. The van der Waals surface area contributed by atoms with E-state index in [0.29, 0.717) is 11.1 Å². The number of rotatable bonds is 4. The van der Waals surface area contributed by atoms with Crippen LogP contribution in [-0.4, -0.2) is 30.8 Å². The first-order valence-corrected chi connectivity index (χ1v) is 6.14. The van der Waals surface area contributed by atoms with Crippen LogP contribution in [0.25, 0.3) is 10.9 Å². The zero-order valence-electron chi connectivity index (χ0n) is 11.1. The molecule has 0 aliphatic rings. The lowest BCUT2D eigenvalue weighted by molar-refractivity contribution is -0.146. The van der Waals surface area contributed by atoms with E-state index in [2.05, 4.69) is 15.0 Å². The number of nitrogens with one attached hydrogen (secondary N) is 1. The summed E-state index contributed by atoms with van der Waals surface area (Å²) >= 11 is 0. The van der Waals surface area contributed by atoms with E-state index in [9.17, 15) is 18.0 Å². The molecule has 1 N–H and O–H groups in total. The Kier molecular flexibility index (Phi) is 4.42. The lowest BCUT2D eigenvalue weighted by Gasteiger charge is -2.19. The van der Waals surface area contributed by atoms with Crippen molar-refractivity contribution in [3.8, 4) is 0 Å². The normalized spacial score (nSPS) is 13.1. The summed E-state index contributed by atoms with van der Waals surface area (Å²) in [6.07, 6.45) is -2.91. The molecular formula is C14H13F3N2O2. The van der Waals surface area contributed by atoms with Gasteiger partial charge < -0.3 is 4.74 Å². The van der Waals surface area contributed by atoms with Gasteiger partial charge >= 0.3 is 12.1 Å². The van der Waals surface area contributed by atoms with Gasteiger partial charge in [0.1, 0.15) is 6.04 Å². The van der Waals surface area contributed by atoms with Crippen molar-refractivity contribution in [2.75, 3.05) is 13.7 Å². The number of hydrogen-bond donors (Lipinski definition) is 1. The van der Waals surface area contributed by atoms with E-state index in [1.165, 1.54) is 6.20 Å². The van der Waals surface area contributed by atoms with Crippen molar-refractivity contribution >= 4 is 16.9 Å². The van der Waals surface area contributed by atoms with Crippen LogP contribution in [0.5, 0.6) is 0 Å². The number of aromatic nitrogens is 1. The van der Waals surface area contributed by atoms with Gasteiger partial charge in [0.25, 0.3) is 0 Å². The molecule has 1 unspecified atom stereocenters. The average Bonchev–Trinajstić information content (AvgIpc) is 2.46. The first kappa shape index (κ1) is 15.2. The van der Waals surface area contributed by atoms with Crippen molar-refractivity contribution < 1.29 is 22.7 Å². The topological polar surface area (TPSA) is 51.2 Å². The maximum absolute atomic E-state index is 12.4. The summed E-state index contributed by atoms with van der Waals surface area (Å²) in [7, 11) is 1.13. The summed E-state index contributed by atoms with van der Waals surface area (Å²) in [6, 6.07) is 7.23. The number of hydrogen-bond acceptors (Lipinski definition) is 4. The van der Waals surface area contributed by atoms with Gasteiger partial charge in [-0.15, -0.1) is 0 Å². The number of carbonyl (C=O) groups is 1. The third-order valence-electron chi connectivity index (χ3n) is 2.92. The Labute approximate surface area is 118 Å². The Morgan fingerprint density at radius 1 is 1.33 bits per heavy atom. The number of benzene rings is 1. The number of nitrogens with zero attached hydrogens (tertiary/aromatic N) is 1. The molecule has 0 aliphatic carbocycles. The van der Waals surface area contributed by atoms with Crippen LogP contribution in [0.1, 0.15) is 11.6 Å². The molecule has 0 fully saturated rings. The number of methoxy groups -OCH3 is 1. The lowest BCUT2D eigenvalue weighted by atomic mass is 10.0. The Hall–Kier alpha value is -2.15. The lowest BCUT2D eigenvalue weighted by Crippen LogP contribution is -2.36. The minimum absolute atomic E-state index is 0.351. The van der Waals surface area contributed by atoms with Crippen LogP contribution in [0.3, 0.4) is 0 Å². The zero-order chi connectivity index (χ0) is 15.5. The van der Waals surface area contributed by atoms with E-state index in [-0.39, 0.29) is 0 Å². The van der Waals surface area contributed by atoms with Crippen LogP contribution in [0.15, 0.2) is 36.5 Å². The van der Waals surface area contributed by atoms with Gasteiger partial charge in [-0.3, -0.25) is 10.3 Å². The predicted molar refractivity (Wildman–Crippen MR) is 70.6 cm³/mol. The number of carbonyl (C=O) groups excluding carboxylic acids is 1. The minimum Gasteiger partial charge on any atom is -0.468 e. The van der Waals surface area contributed by atoms with Gasteiger partial charge in [-0.05, 0) is 6.07 Å². The van der Waals surface area contributed by atoms with Gasteiger partial charge in [0.2, 0.25) is 0 Å². The van der Waals surface area contributed by atoms with Crippen molar-refractivity contribution in [1.29, 1.82) is 0 Å². The van der Waals surface area contributed by atoms with Gasteiger partial charge in [0.15, 0.2) is 0 Å². The monoisotopic (exact) mass is 298 g/mol. The van der Waals surface area contributed by atoms with Crippen LogP contribution < -0.4 is 5.32 Å². The second-order valence-electron chi connectivity index (χ2n) is 4.37. The second-order valence-corrected chi connectivity index (χ2v) is 4.37. The molecule has 1 aromatic heterocycles. The summed E-state index contributed by atoms with van der Waals surface area (Å²) < 4.78 is 41.7. The molecule has 0 saturated heterocycles. The van der Waals surface area contributed by atoms with Crippen LogP contribution in [0.4, 0.5) is 13.2 Å². The van der Waals surface area contributed by atoms with Crippen LogP contribution in [-0.2, 0) is 9.53 Å². The van der Waals surface area contributed by atoms with Crippen LogP contribution in [0, 0.1) is 0 Å². The van der Waals surface area contributed by atoms with Crippen molar-refractivity contribution in [1.82, 2.24) is 10.3 Å². The summed E-state index contributed by atoms with van der Waals surface area (Å²) in [5.41, 5.74) is 0.814. The molecule has 0 saturated carbocycles. The van der Waals surface area contributed by atoms with E-state index in [4.69, 9.17) is 0 Å². The van der Waals surface area contributed by atoms with Gasteiger partial charge in [0, 0.05) is 17.1 Å². The molecule has 1 aromatic carbocycles. The highest BCUT2D eigenvalue weighted by molar-refractivity contribution is 5.88. The van der Waals surface area contributed by atoms with Crippen LogP contribution in [0.2, 0.25) is 0 Å². The first-order chi connectivity index (χ1) is 9.92. The standard InChI is InChI=1S/C14H13F3N2O2/c1-21-13(20)12(19-8-14(15,16)17)10-6-2-4-9-5-3-7-18-11(9)10/h2-7,12,19H,8H2,1H3.